The van der Waals surface area contributed by atoms with Gasteiger partial charge in [0.05, 0.1) is 27.6 Å². The molecule has 0 saturated heterocycles. The summed E-state index contributed by atoms with van der Waals surface area (Å²) in [5.41, 5.74) is 10.2. The molecule has 0 aliphatic heterocycles. The van der Waals surface area contributed by atoms with Gasteiger partial charge in [-0.3, -0.25) is 4.40 Å². The number of aromatic amines is 1. The molecule has 0 atom stereocenters. The van der Waals surface area contributed by atoms with Gasteiger partial charge in [0.2, 0.25) is 0 Å². The number of nitrogens with one attached hydrogen (secondary N) is 1. The largest absolute Gasteiger partial charge is 0.354 e. The zero-order chi connectivity index (χ0) is 26.7. The highest BCUT2D eigenvalue weighted by molar-refractivity contribution is 6.28. The maximum absolute atomic E-state index is 5.26. The van der Waals surface area contributed by atoms with Crippen LogP contribution in [0.25, 0.3) is 87.7 Å². The van der Waals surface area contributed by atoms with Gasteiger partial charge in [-0.15, -0.1) is 0 Å². The van der Waals surface area contributed by atoms with Crippen LogP contribution in [-0.4, -0.2) is 18.9 Å². The van der Waals surface area contributed by atoms with Crippen LogP contribution in [0.2, 0.25) is 0 Å². The topological polar surface area (TPSA) is 38.0 Å². The molecule has 0 spiro atoms. The van der Waals surface area contributed by atoms with Crippen molar-refractivity contribution in [1.29, 1.82) is 0 Å². The molecule has 6 aromatic carbocycles. The Balaban J connectivity index is 1.52. The maximum Gasteiger partial charge on any atom is 0.146 e. The smallest absolute Gasteiger partial charge is 0.146 e. The van der Waals surface area contributed by atoms with Crippen LogP contribution < -0.4 is 0 Å². The molecule has 0 aliphatic carbocycles. The Hall–Kier alpha value is -5.61. The first-order chi connectivity index (χ1) is 20.3. The summed E-state index contributed by atoms with van der Waals surface area (Å²) in [6.07, 6.45) is 0. The number of benzene rings is 6. The van der Waals surface area contributed by atoms with Crippen LogP contribution in [0.15, 0.2) is 127 Å². The van der Waals surface area contributed by atoms with Gasteiger partial charge in [-0.2, -0.15) is 0 Å². The van der Waals surface area contributed by atoms with Crippen molar-refractivity contribution in [2.24, 2.45) is 0 Å². The number of rotatable bonds is 1. The summed E-state index contributed by atoms with van der Waals surface area (Å²) in [5.74, 6) is 0. The molecule has 4 nitrogen and oxygen atoms in total. The molecule has 10 aromatic rings. The lowest BCUT2D eigenvalue weighted by Crippen LogP contribution is -1.95. The lowest BCUT2D eigenvalue weighted by Gasteiger charge is -2.12. The van der Waals surface area contributed by atoms with Crippen molar-refractivity contribution in [2.45, 2.75) is 0 Å². The van der Waals surface area contributed by atoms with Crippen LogP contribution in [0, 0.1) is 0 Å². The molecule has 190 valence electrons. The van der Waals surface area contributed by atoms with Gasteiger partial charge in [-0.25, -0.2) is 4.98 Å². The maximum atomic E-state index is 5.26. The van der Waals surface area contributed by atoms with Crippen molar-refractivity contribution in [3.05, 3.63) is 127 Å². The SMILES string of the molecule is c1ccc(-n2c3ccccc3c3c2ccc2c4cc5[nH]c6ccccc6c5cc4c4nc5ccccc5n4c23)cc1. The van der Waals surface area contributed by atoms with E-state index in [1.165, 1.54) is 48.9 Å². The molecule has 0 aliphatic rings. The molecule has 0 amide bonds. The molecule has 1 N–H and O–H groups in total. The van der Waals surface area contributed by atoms with Crippen molar-refractivity contribution in [1.82, 2.24) is 18.9 Å². The number of para-hydroxylation sites is 5. The molecule has 41 heavy (non-hydrogen) atoms. The highest BCUT2D eigenvalue weighted by Gasteiger charge is 2.21. The summed E-state index contributed by atoms with van der Waals surface area (Å²) in [4.78, 5) is 8.93. The predicted octanol–water partition coefficient (Wildman–Crippen LogP) is 9.53. The van der Waals surface area contributed by atoms with Crippen LogP contribution in [-0.2, 0) is 0 Å². The summed E-state index contributed by atoms with van der Waals surface area (Å²) in [6, 6.07) is 45.7. The molecule has 0 radical (unpaired) electrons. The zero-order valence-corrected chi connectivity index (χ0v) is 22.0. The van der Waals surface area contributed by atoms with Gasteiger partial charge >= 0.3 is 0 Å². The summed E-state index contributed by atoms with van der Waals surface area (Å²) >= 11 is 0. The fraction of sp³-hybridized carbons (Fsp3) is 0. The van der Waals surface area contributed by atoms with E-state index in [0.717, 1.165) is 38.8 Å². The second-order valence-electron chi connectivity index (χ2n) is 10.9. The van der Waals surface area contributed by atoms with Crippen LogP contribution >= 0.6 is 0 Å². The number of hydrogen-bond acceptors (Lipinski definition) is 1. The van der Waals surface area contributed by atoms with E-state index in [9.17, 15) is 0 Å². The minimum atomic E-state index is 0.991. The number of H-pyrrole nitrogens is 1. The summed E-state index contributed by atoms with van der Waals surface area (Å²) in [7, 11) is 0. The van der Waals surface area contributed by atoms with Gasteiger partial charge in [-0.05, 0) is 60.0 Å². The third-order valence-electron chi connectivity index (χ3n) is 8.79. The molecular formula is C37H22N4. The van der Waals surface area contributed by atoms with Crippen LogP contribution in [0.4, 0.5) is 0 Å². The van der Waals surface area contributed by atoms with Crippen molar-refractivity contribution in [3.63, 3.8) is 0 Å². The Morgan fingerprint density at radius 2 is 1.24 bits per heavy atom. The Bertz CT molecular complexity index is 2690. The quantitative estimate of drug-likeness (QED) is 0.214. The van der Waals surface area contributed by atoms with E-state index in [4.69, 9.17) is 4.98 Å². The summed E-state index contributed by atoms with van der Waals surface area (Å²) < 4.78 is 4.79. The fourth-order valence-electron chi connectivity index (χ4n) is 7.09. The number of pyridine rings is 1. The lowest BCUT2D eigenvalue weighted by molar-refractivity contribution is 1.18. The molecule has 4 aromatic heterocycles. The molecule has 0 saturated carbocycles. The normalized spacial score (nSPS) is 12.4. The van der Waals surface area contributed by atoms with E-state index in [0.29, 0.717) is 0 Å². The van der Waals surface area contributed by atoms with Gasteiger partial charge in [-0.1, -0.05) is 72.8 Å². The second kappa shape index (κ2) is 7.52. The van der Waals surface area contributed by atoms with E-state index in [1.54, 1.807) is 0 Å². The number of hydrogen-bond donors (Lipinski definition) is 1. The number of fused-ring (bicyclic) bond motifs is 15. The molecule has 0 bridgehead atoms. The number of imidazole rings is 1. The van der Waals surface area contributed by atoms with Crippen molar-refractivity contribution in [2.75, 3.05) is 0 Å². The average Bonchev–Trinajstić information content (AvgIpc) is 3.70. The molecule has 4 heteroatoms. The summed E-state index contributed by atoms with van der Waals surface area (Å²) in [5, 5.41) is 8.54. The van der Waals surface area contributed by atoms with Crippen LogP contribution in [0.3, 0.4) is 0 Å². The van der Waals surface area contributed by atoms with Crippen molar-refractivity contribution in [3.8, 4) is 5.69 Å². The van der Waals surface area contributed by atoms with E-state index in [1.807, 2.05) is 0 Å². The average molecular weight is 523 g/mol. The van der Waals surface area contributed by atoms with Crippen molar-refractivity contribution >= 4 is 82.0 Å². The first-order valence-corrected chi connectivity index (χ1v) is 14.0. The van der Waals surface area contributed by atoms with E-state index >= 15 is 0 Å². The Kier molecular flexibility index (Phi) is 3.90. The summed E-state index contributed by atoms with van der Waals surface area (Å²) in [6.45, 7) is 0. The highest BCUT2D eigenvalue weighted by atomic mass is 15.0. The van der Waals surface area contributed by atoms with Gasteiger partial charge in [0.25, 0.3) is 0 Å². The monoisotopic (exact) mass is 522 g/mol. The van der Waals surface area contributed by atoms with E-state index in [-0.39, 0.29) is 0 Å². The third-order valence-corrected chi connectivity index (χ3v) is 8.79. The zero-order valence-electron chi connectivity index (χ0n) is 22.0. The molecule has 0 unspecified atom stereocenters. The van der Waals surface area contributed by atoms with E-state index < -0.39 is 0 Å². The fourth-order valence-corrected chi connectivity index (χ4v) is 7.09. The highest BCUT2D eigenvalue weighted by Crippen LogP contribution is 2.42. The van der Waals surface area contributed by atoms with Crippen molar-refractivity contribution < 1.29 is 0 Å². The third kappa shape index (κ3) is 2.66. The van der Waals surface area contributed by atoms with Gasteiger partial charge in [0, 0.05) is 49.0 Å². The minimum absolute atomic E-state index is 0.991. The van der Waals surface area contributed by atoms with Crippen LogP contribution in [0.1, 0.15) is 0 Å². The number of aromatic nitrogens is 4. The standard InChI is InChI=1S/C37H22N4/c1-2-10-22(11-3-1)40-32-16-8-5-13-25(32)35-34(40)19-18-24-26-21-31-27(23-12-4-6-14-29(23)38-31)20-28(26)37-39-30-15-7-9-17-33(30)41(37)36(24)35/h1-21,38H. The minimum Gasteiger partial charge on any atom is -0.354 e. The molecular weight excluding hydrogens is 500 g/mol. The Morgan fingerprint density at radius 1 is 0.488 bits per heavy atom. The first-order valence-electron chi connectivity index (χ1n) is 14.0. The lowest BCUT2D eigenvalue weighted by atomic mass is 10.00. The second-order valence-corrected chi connectivity index (χ2v) is 10.9. The molecule has 10 rings (SSSR count). The predicted molar refractivity (Wildman–Crippen MR) is 171 cm³/mol. The number of nitrogens with zero attached hydrogens (tertiary/aromatic N) is 3. The molecule has 0 fully saturated rings. The Morgan fingerprint density at radius 3 is 2.15 bits per heavy atom. The van der Waals surface area contributed by atoms with E-state index in [2.05, 4.69) is 141 Å². The van der Waals surface area contributed by atoms with Gasteiger partial charge in [0.1, 0.15) is 5.65 Å². The Labute approximate surface area is 233 Å². The van der Waals surface area contributed by atoms with Gasteiger partial charge < -0.3 is 9.55 Å². The van der Waals surface area contributed by atoms with Gasteiger partial charge in [0.15, 0.2) is 0 Å². The first kappa shape index (κ1) is 21.2. The molecule has 4 heterocycles. The van der Waals surface area contributed by atoms with Crippen LogP contribution in [0.5, 0.6) is 0 Å².